The molecule has 0 radical (unpaired) electrons. The molecule has 0 unspecified atom stereocenters. The molecule has 0 aliphatic carbocycles. The molecule has 9 nitrogen and oxygen atoms in total. The molecule has 0 spiro atoms. The van der Waals surface area contributed by atoms with Crippen molar-refractivity contribution >= 4 is 29.3 Å². The zero-order valence-electron chi connectivity index (χ0n) is 10.8. The van der Waals surface area contributed by atoms with Crippen molar-refractivity contribution in [3.05, 3.63) is 43.2 Å². The Morgan fingerprint density at radius 1 is 1.48 bits per heavy atom. The van der Waals surface area contributed by atoms with Gasteiger partial charge in [0.15, 0.2) is 0 Å². The van der Waals surface area contributed by atoms with Gasteiger partial charge in [0.1, 0.15) is 0 Å². The number of nitrogens with zero attached hydrogens (tertiary/aromatic N) is 2. The first-order valence-electron chi connectivity index (χ1n) is 5.93. The van der Waals surface area contributed by atoms with Crippen LogP contribution in [0.3, 0.4) is 0 Å². The van der Waals surface area contributed by atoms with E-state index in [4.69, 9.17) is 0 Å². The van der Waals surface area contributed by atoms with E-state index in [2.05, 4.69) is 26.0 Å². The Balaban J connectivity index is 1.74. The van der Waals surface area contributed by atoms with Gasteiger partial charge in [0.05, 0.1) is 6.21 Å². The zero-order valence-corrected chi connectivity index (χ0v) is 11.6. The van der Waals surface area contributed by atoms with E-state index < -0.39 is 11.2 Å². The molecule has 0 aliphatic heterocycles. The maximum atomic E-state index is 11.5. The molecule has 0 aromatic carbocycles. The number of hydrazone groups is 1. The van der Waals surface area contributed by atoms with Gasteiger partial charge in [-0.25, -0.2) is 15.3 Å². The normalized spacial score (nSPS) is 10.7. The largest absolute Gasteiger partial charge is 0.364 e. The molecule has 1 amide bonds. The third-order valence-corrected chi connectivity index (χ3v) is 3.09. The molecule has 2 rings (SSSR count). The minimum Gasteiger partial charge on any atom is -0.364 e. The van der Waals surface area contributed by atoms with Crippen LogP contribution in [-0.4, -0.2) is 33.8 Å². The molecule has 110 valence electrons. The highest BCUT2D eigenvalue weighted by atomic mass is 32.1. The number of carbonyl (C=O) groups is 1. The van der Waals surface area contributed by atoms with Crippen LogP contribution >= 0.6 is 11.3 Å². The summed E-state index contributed by atoms with van der Waals surface area (Å²) < 4.78 is 0. The molecule has 0 saturated heterocycles. The van der Waals surface area contributed by atoms with Gasteiger partial charge in [0, 0.05) is 17.8 Å². The van der Waals surface area contributed by atoms with Crippen LogP contribution in [0.5, 0.6) is 0 Å². The molecule has 10 heteroatoms. The molecule has 0 fully saturated rings. The van der Waals surface area contributed by atoms with E-state index in [1.807, 2.05) is 22.5 Å². The number of carbonyl (C=O) groups excluding carboxylic acids is 1. The third-order valence-electron chi connectivity index (χ3n) is 2.28. The second kappa shape index (κ2) is 7.14. The highest BCUT2D eigenvalue weighted by Crippen LogP contribution is 2.03. The number of rotatable bonds is 6. The highest BCUT2D eigenvalue weighted by molar-refractivity contribution is 7.11. The van der Waals surface area contributed by atoms with Crippen molar-refractivity contribution in [1.82, 2.24) is 20.6 Å². The molecular formula is C11H12N6O3S. The third kappa shape index (κ3) is 4.69. The lowest BCUT2D eigenvalue weighted by Gasteiger charge is -2.02. The van der Waals surface area contributed by atoms with Gasteiger partial charge in [-0.05, 0) is 11.4 Å². The van der Waals surface area contributed by atoms with Crippen molar-refractivity contribution in [3.63, 3.8) is 0 Å². The van der Waals surface area contributed by atoms with Crippen LogP contribution in [0.1, 0.15) is 11.3 Å². The average Bonchev–Trinajstić information content (AvgIpc) is 2.94. The first kappa shape index (κ1) is 14.7. The molecule has 2 heterocycles. The second-order valence-electron chi connectivity index (χ2n) is 3.84. The van der Waals surface area contributed by atoms with Crippen LogP contribution in [0.2, 0.25) is 0 Å². The fourth-order valence-corrected chi connectivity index (χ4v) is 1.94. The molecule has 0 saturated carbocycles. The number of aromatic nitrogens is 3. The summed E-state index contributed by atoms with van der Waals surface area (Å²) in [7, 11) is 0. The first-order chi connectivity index (χ1) is 10.1. The molecule has 0 bridgehead atoms. The van der Waals surface area contributed by atoms with Crippen molar-refractivity contribution in [2.75, 3.05) is 11.9 Å². The molecule has 2 aromatic heterocycles. The number of hydrogen-bond donors (Lipinski definition) is 4. The van der Waals surface area contributed by atoms with Crippen LogP contribution in [0.4, 0.5) is 5.82 Å². The Morgan fingerprint density at radius 2 is 2.33 bits per heavy atom. The summed E-state index contributed by atoms with van der Waals surface area (Å²) in [5.41, 5.74) is 1.03. The molecule has 0 atom stereocenters. The topological polar surface area (TPSA) is 132 Å². The van der Waals surface area contributed by atoms with Crippen molar-refractivity contribution in [2.45, 2.75) is 6.42 Å². The van der Waals surface area contributed by atoms with Crippen molar-refractivity contribution in [2.24, 2.45) is 5.10 Å². The molecular weight excluding hydrogens is 296 g/mol. The smallest absolute Gasteiger partial charge is 0.342 e. The van der Waals surface area contributed by atoms with Gasteiger partial charge in [-0.3, -0.25) is 14.6 Å². The molecule has 0 aliphatic rings. The van der Waals surface area contributed by atoms with Gasteiger partial charge in [-0.15, -0.1) is 16.4 Å². The Kier molecular flexibility index (Phi) is 4.99. The number of nitrogens with one attached hydrogen (secondary N) is 4. The van der Waals surface area contributed by atoms with E-state index in [0.29, 0.717) is 0 Å². The van der Waals surface area contributed by atoms with Gasteiger partial charge >= 0.3 is 5.69 Å². The van der Waals surface area contributed by atoms with Crippen molar-refractivity contribution < 1.29 is 4.79 Å². The maximum absolute atomic E-state index is 11.5. The summed E-state index contributed by atoms with van der Waals surface area (Å²) in [6.45, 7) is 0.183. The molecule has 4 N–H and O–H groups in total. The van der Waals surface area contributed by atoms with Crippen molar-refractivity contribution in [3.8, 4) is 0 Å². The van der Waals surface area contributed by atoms with Gasteiger partial charge in [-0.1, -0.05) is 6.07 Å². The van der Waals surface area contributed by atoms with Crippen LogP contribution in [0.15, 0.2) is 32.2 Å². The fourth-order valence-electron chi connectivity index (χ4n) is 1.35. The predicted molar refractivity (Wildman–Crippen MR) is 78.6 cm³/mol. The van der Waals surface area contributed by atoms with Crippen molar-refractivity contribution in [1.29, 1.82) is 0 Å². The van der Waals surface area contributed by atoms with Gasteiger partial charge in [0.2, 0.25) is 11.7 Å². The van der Waals surface area contributed by atoms with Crippen LogP contribution in [0.25, 0.3) is 0 Å². The van der Waals surface area contributed by atoms with E-state index in [9.17, 15) is 14.4 Å². The Morgan fingerprint density at radius 3 is 3.05 bits per heavy atom. The Labute approximate surface area is 122 Å². The summed E-state index contributed by atoms with van der Waals surface area (Å²) in [4.78, 5) is 36.5. The van der Waals surface area contributed by atoms with Crippen LogP contribution in [-0.2, 0) is 4.79 Å². The summed E-state index contributed by atoms with van der Waals surface area (Å²) in [5, 5.41) is 13.9. The standard InChI is InChI=1S/C11H12N6O3S/c18-8(15-13-6-7-2-1-5-21-7)3-4-12-9-10(19)14-11(20)17-16-9/h1-2,5-6H,3-4H2,(H,12,16)(H,15,18)(H2,14,17,19,20)/b13-6-. The maximum Gasteiger partial charge on any atom is 0.342 e. The number of H-pyrrole nitrogens is 2. The van der Waals surface area contributed by atoms with E-state index in [0.717, 1.165) is 4.88 Å². The minimum absolute atomic E-state index is 0.0514. The lowest BCUT2D eigenvalue weighted by atomic mass is 10.4. The van der Waals surface area contributed by atoms with Crippen LogP contribution < -0.4 is 22.0 Å². The van der Waals surface area contributed by atoms with Gasteiger partial charge in [-0.2, -0.15) is 5.10 Å². The van der Waals surface area contributed by atoms with E-state index in [-0.39, 0.29) is 24.7 Å². The highest BCUT2D eigenvalue weighted by Gasteiger charge is 2.03. The Bertz CT molecular complexity index is 733. The molecule has 2 aromatic rings. The number of hydrogen-bond acceptors (Lipinski definition) is 7. The minimum atomic E-state index is -0.689. The van der Waals surface area contributed by atoms with Gasteiger partial charge in [0.25, 0.3) is 5.56 Å². The van der Waals surface area contributed by atoms with E-state index in [1.165, 1.54) is 11.3 Å². The fraction of sp³-hybridized carbons (Fsp3) is 0.182. The second-order valence-corrected chi connectivity index (χ2v) is 4.82. The SMILES string of the molecule is O=C(CCNc1n[nH]c(=O)[nH]c1=O)N/N=C\c1cccs1. The lowest BCUT2D eigenvalue weighted by Crippen LogP contribution is -2.28. The summed E-state index contributed by atoms with van der Waals surface area (Å²) in [5.74, 6) is -0.361. The predicted octanol–water partition coefficient (Wildman–Crippen LogP) is -0.528. The monoisotopic (exact) mass is 308 g/mol. The average molecular weight is 308 g/mol. The number of thiophene rings is 1. The summed E-state index contributed by atoms with van der Waals surface area (Å²) in [6.07, 6.45) is 1.65. The number of aromatic amines is 2. The Hall–Kier alpha value is -2.75. The summed E-state index contributed by atoms with van der Waals surface area (Å²) in [6, 6.07) is 3.75. The zero-order chi connectivity index (χ0) is 15.1. The summed E-state index contributed by atoms with van der Waals surface area (Å²) >= 11 is 1.50. The lowest BCUT2D eigenvalue weighted by molar-refractivity contribution is -0.120. The first-order valence-corrected chi connectivity index (χ1v) is 6.81. The number of anilines is 1. The van der Waals surface area contributed by atoms with Crippen LogP contribution in [0, 0.1) is 0 Å². The molecule has 21 heavy (non-hydrogen) atoms. The quantitative estimate of drug-likeness (QED) is 0.421. The van der Waals surface area contributed by atoms with Gasteiger partial charge < -0.3 is 5.32 Å². The van der Waals surface area contributed by atoms with E-state index >= 15 is 0 Å². The number of amides is 1. The van der Waals surface area contributed by atoms with E-state index in [1.54, 1.807) is 6.21 Å².